The number of amides is 1. The minimum atomic E-state index is -1.55. The summed E-state index contributed by atoms with van der Waals surface area (Å²) in [5.41, 5.74) is 0.476. The Morgan fingerprint density at radius 3 is 1.99 bits per heavy atom. The summed E-state index contributed by atoms with van der Waals surface area (Å²) in [6.07, 6.45) is 5.50. The topological polar surface area (TPSA) is 179 Å². The predicted octanol–water partition coefficient (Wildman–Crippen LogP) is 6.94. The zero-order valence-corrected chi connectivity index (χ0v) is 40.6. The van der Waals surface area contributed by atoms with Gasteiger partial charge in [-0.05, 0) is 103 Å². The van der Waals surface area contributed by atoms with Crippen molar-refractivity contribution in [3.63, 3.8) is 0 Å². The standard InChI is InChI=1S/C53H70N4O10/c1-11-44-53(8,64-25-17-19-38-28-40-21-13-15-23-42(40)55-31-38)47(60)36(6)56-49(61)32(2)29-52(7,63-24-16-18-37-27-39-20-12-14-22-41(39)54-30-37)48(34(4)45(58)35(5)50(62)66-44)67-51-46(59)43(57(9)10)26-33(3)65-51/h12-23,27-28,30-36,43-44,46-48,51,59-60H,11,24-26,29H2,1-10H3,(H,56,61)/b18-16+,19-17+/t32-,33-,34+,35-,36-,43+,44-,46-,47+,48-,51+,52-,53+/m1/s1. The maximum Gasteiger partial charge on any atom is 0.316 e. The van der Waals surface area contributed by atoms with E-state index in [-0.39, 0.29) is 38.2 Å². The van der Waals surface area contributed by atoms with E-state index in [0.29, 0.717) is 6.42 Å². The Hall–Kier alpha value is -4.93. The number of carbonyl (C=O) groups is 3. The number of nitrogens with one attached hydrogen (secondary N) is 1. The number of ether oxygens (including phenoxy) is 5. The van der Waals surface area contributed by atoms with Crippen LogP contribution in [0.15, 0.2) is 85.2 Å². The molecule has 0 radical (unpaired) electrons. The molecule has 2 saturated heterocycles. The van der Waals surface area contributed by atoms with Gasteiger partial charge in [-0.1, -0.05) is 81.5 Å². The molecule has 67 heavy (non-hydrogen) atoms. The molecule has 0 bridgehead atoms. The minimum absolute atomic E-state index is 0.0138. The number of esters is 1. The lowest BCUT2D eigenvalue weighted by Crippen LogP contribution is -2.61. The van der Waals surface area contributed by atoms with Crippen LogP contribution in [-0.4, -0.2) is 130 Å². The van der Waals surface area contributed by atoms with Crippen LogP contribution in [0.4, 0.5) is 0 Å². The van der Waals surface area contributed by atoms with Gasteiger partial charge in [0.1, 0.15) is 29.8 Å². The highest BCUT2D eigenvalue weighted by atomic mass is 16.7. The van der Waals surface area contributed by atoms with Gasteiger partial charge < -0.3 is 44.1 Å². The second-order valence-corrected chi connectivity index (χ2v) is 19.1. The molecule has 2 aliphatic rings. The molecule has 1 amide bonds. The third kappa shape index (κ3) is 12.2. The number of pyridine rings is 2. The van der Waals surface area contributed by atoms with E-state index in [2.05, 4.69) is 15.3 Å². The van der Waals surface area contributed by atoms with Gasteiger partial charge in [0.2, 0.25) is 5.91 Å². The molecule has 2 aromatic carbocycles. The number of rotatable bonds is 12. The number of fused-ring (bicyclic) bond motifs is 2. The summed E-state index contributed by atoms with van der Waals surface area (Å²) < 4.78 is 32.4. The number of nitrogens with zero attached hydrogens (tertiary/aromatic N) is 3. The Morgan fingerprint density at radius 2 is 1.42 bits per heavy atom. The number of ketones is 1. The van der Waals surface area contributed by atoms with Crippen molar-refractivity contribution in [1.82, 2.24) is 20.2 Å². The molecule has 0 saturated carbocycles. The molecule has 14 nitrogen and oxygen atoms in total. The smallest absolute Gasteiger partial charge is 0.316 e. The van der Waals surface area contributed by atoms with Gasteiger partial charge in [0.15, 0.2) is 12.1 Å². The van der Waals surface area contributed by atoms with Crippen LogP contribution >= 0.6 is 0 Å². The third-order valence-corrected chi connectivity index (χ3v) is 13.5. The van der Waals surface area contributed by atoms with Crippen molar-refractivity contribution in [2.45, 2.75) is 135 Å². The van der Waals surface area contributed by atoms with Gasteiger partial charge in [-0.25, -0.2) is 0 Å². The molecule has 0 spiro atoms. The van der Waals surface area contributed by atoms with Crippen molar-refractivity contribution in [2.75, 3.05) is 27.3 Å². The van der Waals surface area contributed by atoms with E-state index < -0.39 is 83.4 Å². The van der Waals surface area contributed by atoms with Crippen LogP contribution in [0.1, 0.15) is 85.8 Å². The quantitative estimate of drug-likeness (QED) is 0.0985. The van der Waals surface area contributed by atoms with Gasteiger partial charge in [0.25, 0.3) is 0 Å². The van der Waals surface area contributed by atoms with Crippen molar-refractivity contribution >= 4 is 51.6 Å². The summed E-state index contributed by atoms with van der Waals surface area (Å²) in [5.74, 6) is -4.82. The molecule has 4 aromatic rings. The normalized spacial score (nSPS) is 33.0. The molecule has 6 rings (SSSR count). The summed E-state index contributed by atoms with van der Waals surface area (Å²) >= 11 is 0. The first-order valence-corrected chi connectivity index (χ1v) is 23.5. The highest BCUT2D eigenvalue weighted by molar-refractivity contribution is 6.00. The number of aliphatic hydroxyl groups excluding tert-OH is 2. The molecular weight excluding hydrogens is 853 g/mol. The summed E-state index contributed by atoms with van der Waals surface area (Å²) in [7, 11) is 3.74. The number of aliphatic hydroxyl groups is 2. The Morgan fingerprint density at radius 1 is 0.851 bits per heavy atom. The highest BCUT2D eigenvalue weighted by Crippen LogP contribution is 2.38. The molecule has 0 aliphatic carbocycles. The average molecular weight is 923 g/mol. The zero-order valence-electron chi connectivity index (χ0n) is 40.6. The SMILES string of the molecule is CC[C@H]1OC(=O)[C@H](C)C(=O)[C@H](C)[C@@H](O[C@@H]2O[C@H](C)C[C@H](N(C)C)[C@H]2O)[C@](C)(OC/C=C/c2cnc3ccccc3c2)C[C@@H](C)C(=O)N[C@H](C)[C@H](O)[C@@]1(C)OC/C=C/c1cnc2ccccc2c1. The van der Waals surface area contributed by atoms with E-state index in [0.717, 1.165) is 32.9 Å². The van der Waals surface area contributed by atoms with Crippen molar-refractivity contribution in [2.24, 2.45) is 17.8 Å². The van der Waals surface area contributed by atoms with Crippen molar-refractivity contribution in [1.29, 1.82) is 0 Å². The van der Waals surface area contributed by atoms with Crippen LogP contribution in [0.25, 0.3) is 34.0 Å². The molecule has 3 N–H and O–H groups in total. The van der Waals surface area contributed by atoms with Crippen molar-refractivity contribution in [3.05, 3.63) is 96.3 Å². The molecule has 2 aromatic heterocycles. The van der Waals surface area contributed by atoms with E-state index in [1.807, 2.05) is 105 Å². The number of aromatic nitrogens is 2. The Balaban J connectivity index is 1.33. The van der Waals surface area contributed by atoms with Crippen molar-refractivity contribution < 1.29 is 48.3 Å². The molecular formula is C53H70N4O10. The predicted molar refractivity (Wildman–Crippen MR) is 258 cm³/mol. The lowest BCUT2D eigenvalue weighted by Gasteiger charge is -2.47. The highest BCUT2D eigenvalue weighted by Gasteiger charge is 2.51. The number of likely N-dealkylation sites (N-methyl/N-ethyl adjacent to an activating group) is 1. The largest absolute Gasteiger partial charge is 0.459 e. The fourth-order valence-electron chi connectivity index (χ4n) is 9.56. The van der Waals surface area contributed by atoms with E-state index in [1.165, 1.54) is 6.92 Å². The number of carbonyl (C=O) groups excluding carboxylic acids is 3. The Kier molecular flexibility index (Phi) is 17.2. The lowest BCUT2D eigenvalue weighted by atomic mass is 9.78. The number of cyclic esters (lactones) is 1. The van der Waals surface area contributed by atoms with Crippen LogP contribution in [0, 0.1) is 17.8 Å². The molecule has 2 aliphatic heterocycles. The van der Waals surface area contributed by atoms with Gasteiger partial charge in [-0.15, -0.1) is 0 Å². The first-order valence-electron chi connectivity index (χ1n) is 23.5. The summed E-state index contributed by atoms with van der Waals surface area (Å²) in [6, 6.07) is 18.4. The number of para-hydroxylation sites is 2. The maximum absolute atomic E-state index is 14.8. The molecule has 362 valence electrons. The lowest BCUT2D eigenvalue weighted by molar-refractivity contribution is -0.296. The first kappa shape index (κ1) is 51.5. The van der Waals surface area contributed by atoms with E-state index in [1.54, 1.807) is 60.0 Å². The summed E-state index contributed by atoms with van der Waals surface area (Å²) in [6.45, 7) is 13.7. The van der Waals surface area contributed by atoms with Crippen LogP contribution in [-0.2, 0) is 38.1 Å². The van der Waals surface area contributed by atoms with Crippen LogP contribution in [0.2, 0.25) is 0 Å². The molecule has 2 fully saturated rings. The minimum Gasteiger partial charge on any atom is -0.459 e. The third-order valence-electron chi connectivity index (χ3n) is 13.5. The van der Waals surface area contributed by atoms with E-state index in [4.69, 9.17) is 23.7 Å². The number of hydrogen-bond acceptors (Lipinski definition) is 13. The zero-order chi connectivity index (χ0) is 48.6. The Bertz CT molecular complexity index is 2390. The first-order chi connectivity index (χ1) is 31.8. The maximum atomic E-state index is 14.8. The summed E-state index contributed by atoms with van der Waals surface area (Å²) in [5, 5.41) is 28.8. The van der Waals surface area contributed by atoms with Crippen LogP contribution < -0.4 is 5.32 Å². The number of benzene rings is 2. The average Bonchev–Trinajstić information content (AvgIpc) is 3.31. The molecule has 13 atom stereocenters. The molecule has 14 heteroatoms. The number of Topliss-reactive ketones (excluding diaryl/α,β-unsaturated/α-hetero) is 1. The Labute approximate surface area is 395 Å². The summed E-state index contributed by atoms with van der Waals surface area (Å²) in [4.78, 5) is 54.4. The fourth-order valence-corrected chi connectivity index (χ4v) is 9.56. The second kappa shape index (κ2) is 22.5. The van der Waals surface area contributed by atoms with Gasteiger partial charge in [-0.2, -0.15) is 0 Å². The van der Waals surface area contributed by atoms with E-state index in [9.17, 15) is 24.6 Å². The van der Waals surface area contributed by atoms with Crippen LogP contribution in [0.3, 0.4) is 0 Å². The van der Waals surface area contributed by atoms with Gasteiger partial charge in [0, 0.05) is 41.0 Å². The van der Waals surface area contributed by atoms with Gasteiger partial charge >= 0.3 is 5.97 Å². The molecule has 0 unspecified atom stereocenters. The second-order valence-electron chi connectivity index (χ2n) is 19.1. The van der Waals surface area contributed by atoms with Gasteiger partial charge in [0.05, 0.1) is 48.1 Å². The van der Waals surface area contributed by atoms with E-state index >= 15 is 0 Å². The monoisotopic (exact) mass is 923 g/mol. The number of hydrogen-bond donors (Lipinski definition) is 3. The van der Waals surface area contributed by atoms with Crippen molar-refractivity contribution in [3.8, 4) is 0 Å². The van der Waals surface area contributed by atoms with Crippen LogP contribution in [0.5, 0.6) is 0 Å². The fraction of sp³-hybridized carbons (Fsp3) is 0.528. The molecule has 4 heterocycles. The van der Waals surface area contributed by atoms with Gasteiger partial charge in [-0.3, -0.25) is 24.4 Å².